The van der Waals surface area contributed by atoms with E-state index in [2.05, 4.69) is 36.2 Å². The van der Waals surface area contributed by atoms with Crippen molar-refractivity contribution in [3.63, 3.8) is 0 Å². The van der Waals surface area contributed by atoms with Gasteiger partial charge in [-0.05, 0) is 61.1 Å². The minimum atomic E-state index is 0.219. The summed E-state index contributed by atoms with van der Waals surface area (Å²) in [5, 5.41) is 19.5. The third-order valence-electron chi connectivity index (χ3n) is 5.09. The second-order valence-electron chi connectivity index (χ2n) is 7.40. The van der Waals surface area contributed by atoms with Crippen LogP contribution in [0.1, 0.15) is 69.9 Å². The maximum absolute atomic E-state index is 10.3. The fourth-order valence-corrected chi connectivity index (χ4v) is 3.42. The van der Waals surface area contributed by atoms with E-state index in [-0.39, 0.29) is 5.75 Å². The summed E-state index contributed by atoms with van der Waals surface area (Å²) in [5.74, 6) is 0.219. The van der Waals surface area contributed by atoms with Crippen molar-refractivity contribution in [3.05, 3.63) is 47.5 Å². The van der Waals surface area contributed by atoms with Crippen LogP contribution in [0.15, 0.2) is 36.4 Å². The highest BCUT2D eigenvalue weighted by Gasteiger charge is 2.10. The van der Waals surface area contributed by atoms with Gasteiger partial charge in [-0.3, -0.25) is 0 Å². The molecule has 0 unspecified atom stereocenters. The van der Waals surface area contributed by atoms with Crippen LogP contribution >= 0.6 is 0 Å². The molecule has 0 saturated carbocycles. The minimum Gasteiger partial charge on any atom is -0.506 e. The molecule has 0 aliphatic carbocycles. The number of aryl methyl sites for hydroxylation is 2. The molecule has 27 heavy (non-hydrogen) atoms. The number of nitrogens with zero attached hydrogens (tertiary/aromatic N) is 3. The van der Waals surface area contributed by atoms with E-state index in [9.17, 15) is 5.11 Å². The molecular formula is C23H31N3O. The molecule has 2 aromatic carbocycles. The SMILES string of the molecule is CCCCCCCc1ccc(O)c(-n2nc3ccc(CCCC)cc3n2)c1. The lowest BCUT2D eigenvalue weighted by atomic mass is 10.0. The first-order chi connectivity index (χ1) is 13.2. The summed E-state index contributed by atoms with van der Waals surface area (Å²) >= 11 is 0. The molecule has 4 nitrogen and oxygen atoms in total. The summed E-state index contributed by atoms with van der Waals surface area (Å²) in [6.45, 7) is 4.44. The van der Waals surface area contributed by atoms with Crippen molar-refractivity contribution in [1.82, 2.24) is 15.0 Å². The van der Waals surface area contributed by atoms with Gasteiger partial charge in [-0.1, -0.05) is 58.1 Å². The molecule has 1 aromatic heterocycles. The van der Waals surface area contributed by atoms with Crippen molar-refractivity contribution >= 4 is 11.0 Å². The number of fused-ring (bicyclic) bond motifs is 1. The number of hydrogen-bond acceptors (Lipinski definition) is 3. The van der Waals surface area contributed by atoms with Crippen LogP contribution in [0, 0.1) is 0 Å². The quantitative estimate of drug-likeness (QED) is 0.450. The summed E-state index contributed by atoms with van der Waals surface area (Å²) in [7, 11) is 0. The smallest absolute Gasteiger partial charge is 0.143 e. The molecule has 0 spiro atoms. The van der Waals surface area contributed by atoms with Gasteiger partial charge in [0.15, 0.2) is 0 Å². The van der Waals surface area contributed by atoms with Crippen LogP contribution in [-0.4, -0.2) is 20.1 Å². The normalized spacial score (nSPS) is 11.3. The molecule has 0 aliphatic heterocycles. The summed E-state index contributed by atoms with van der Waals surface area (Å²) < 4.78 is 0. The van der Waals surface area contributed by atoms with Crippen LogP contribution in [0.2, 0.25) is 0 Å². The van der Waals surface area contributed by atoms with Crippen molar-refractivity contribution in [3.8, 4) is 11.4 Å². The van der Waals surface area contributed by atoms with Gasteiger partial charge < -0.3 is 5.11 Å². The Balaban J connectivity index is 1.77. The highest BCUT2D eigenvalue weighted by Crippen LogP contribution is 2.24. The third kappa shape index (κ3) is 5.09. The molecular weight excluding hydrogens is 334 g/mol. The number of aromatic nitrogens is 3. The van der Waals surface area contributed by atoms with Crippen molar-refractivity contribution in [2.24, 2.45) is 0 Å². The lowest BCUT2D eigenvalue weighted by Gasteiger charge is -2.07. The first-order valence-corrected chi connectivity index (χ1v) is 10.4. The molecule has 0 fully saturated rings. The summed E-state index contributed by atoms with van der Waals surface area (Å²) in [6, 6.07) is 12.1. The van der Waals surface area contributed by atoms with Crippen molar-refractivity contribution in [1.29, 1.82) is 0 Å². The summed E-state index contributed by atoms with van der Waals surface area (Å²) in [6.07, 6.45) is 10.8. The minimum absolute atomic E-state index is 0.219. The average Bonchev–Trinajstić information content (AvgIpc) is 3.10. The molecule has 0 aliphatic rings. The molecule has 3 aromatic rings. The van der Waals surface area contributed by atoms with Crippen LogP contribution in [0.3, 0.4) is 0 Å². The van der Waals surface area contributed by atoms with Crippen molar-refractivity contribution in [2.45, 2.75) is 71.6 Å². The van der Waals surface area contributed by atoms with E-state index < -0.39 is 0 Å². The Morgan fingerprint density at radius 3 is 2.22 bits per heavy atom. The van der Waals surface area contributed by atoms with Crippen molar-refractivity contribution in [2.75, 3.05) is 0 Å². The zero-order valence-electron chi connectivity index (χ0n) is 16.6. The summed E-state index contributed by atoms with van der Waals surface area (Å²) in [5.41, 5.74) is 4.92. The topological polar surface area (TPSA) is 50.9 Å². The number of phenols is 1. The van der Waals surface area contributed by atoms with Gasteiger partial charge in [0, 0.05) is 0 Å². The van der Waals surface area contributed by atoms with Gasteiger partial charge in [-0.25, -0.2) is 0 Å². The number of phenolic OH excluding ortho intramolecular Hbond substituents is 1. The largest absolute Gasteiger partial charge is 0.506 e. The molecule has 0 atom stereocenters. The fraction of sp³-hybridized carbons (Fsp3) is 0.478. The van der Waals surface area contributed by atoms with Gasteiger partial charge in [0.1, 0.15) is 22.5 Å². The summed E-state index contributed by atoms with van der Waals surface area (Å²) in [4.78, 5) is 1.57. The predicted molar refractivity (Wildman–Crippen MR) is 112 cm³/mol. The molecule has 0 bridgehead atoms. The Labute approximate surface area is 162 Å². The molecule has 4 heteroatoms. The Bertz CT molecular complexity index is 869. The lowest BCUT2D eigenvalue weighted by molar-refractivity contribution is 0.467. The first-order valence-electron chi connectivity index (χ1n) is 10.4. The molecule has 144 valence electrons. The van der Waals surface area contributed by atoms with E-state index in [1.54, 1.807) is 10.9 Å². The maximum Gasteiger partial charge on any atom is 0.143 e. The van der Waals surface area contributed by atoms with Crippen LogP contribution < -0.4 is 0 Å². The highest BCUT2D eigenvalue weighted by molar-refractivity contribution is 5.75. The predicted octanol–water partition coefficient (Wildman–Crippen LogP) is 5.98. The zero-order chi connectivity index (χ0) is 19.1. The number of rotatable bonds is 10. The van der Waals surface area contributed by atoms with Gasteiger partial charge in [-0.2, -0.15) is 0 Å². The molecule has 0 saturated heterocycles. The number of aromatic hydroxyl groups is 1. The monoisotopic (exact) mass is 365 g/mol. The molecule has 3 rings (SSSR count). The van der Waals surface area contributed by atoms with E-state index in [4.69, 9.17) is 0 Å². The Morgan fingerprint density at radius 1 is 0.741 bits per heavy atom. The van der Waals surface area contributed by atoms with Gasteiger partial charge in [0.25, 0.3) is 0 Å². The molecule has 0 radical (unpaired) electrons. The van der Waals surface area contributed by atoms with Crippen molar-refractivity contribution < 1.29 is 5.11 Å². The Morgan fingerprint density at radius 2 is 1.41 bits per heavy atom. The van der Waals surface area contributed by atoms with Crippen LogP contribution in [0.4, 0.5) is 0 Å². The van der Waals surface area contributed by atoms with Gasteiger partial charge in [0.05, 0.1) is 0 Å². The number of unbranched alkanes of at least 4 members (excludes halogenated alkanes) is 5. The maximum atomic E-state index is 10.3. The van der Waals surface area contributed by atoms with Crippen LogP contribution in [0.25, 0.3) is 16.7 Å². The van der Waals surface area contributed by atoms with Crippen LogP contribution in [-0.2, 0) is 12.8 Å². The van der Waals surface area contributed by atoms with Gasteiger partial charge in [-0.15, -0.1) is 15.0 Å². The molecule has 0 amide bonds. The molecule has 1 heterocycles. The molecule has 1 N–H and O–H groups in total. The van der Waals surface area contributed by atoms with E-state index in [1.165, 1.54) is 56.1 Å². The van der Waals surface area contributed by atoms with E-state index >= 15 is 0 Å². The second-order valence-corrected chi connectivity index (χ2v) is 7.40. The van der Waals surface area contributed by atoms with Crippen LogP contribution in [0.5, 0.6) is 5.75 Å². The standard InChI is InChI=1S/C23H31N3O/c1-3-5-7-8-9-11-19-13-15-23(27)22(17-19)26-24-20-14-12-18(10-6-4-2)16-21(20)25-26/h12-17,27H,3-11H2,1-2H3. The van der Waals surface area contributed by atoms with E-state index in [1.807, 2.05) is 18.2 Å². The lowest BCUT2D eigenvalue weighted by Crippen LogP contribution is -2.00. The average molecular weight is 366 g/mol. The zero-order valence-corrected chi connectivity index (χ0v) is 16.6. The fourth-order valence-electron chi connectivity index (χ4n) is 3.42. The highest BCUT2D eigenvalue weighted by atomic mass is 16.3. The second kappa shape index (κ2) is 9.54. The number of hydrogen-bond donors (Lipinski definition) is 1. The Kier molecular flexibility index (Phi) is 6.86. The van der Waals surface area contributed by atoms with Gasteiger partial charge >= 0.3 is 0 Å². The third-order valence-corrected chi connectivity index (χ3v) is 5.09. The van der Waals surface area contributed by atoms with E-state index in [0.29, 0.717) is 5.69 Å². The Hall–Kier alpha value is -2.36. The first kappa shape index (κ1) is 19.4. The van der Waals surface area contributed by atoms with Gasteiger partial charge in [0.2, 0.25) is 0 Å². The van der Waals surface area contributed by atoms with E-state index in [0.717, 1.165) is 23.9 Å². The number of benzene rings is 2.